The zero-order valence-electron chi connectivity index (χ0n) is 14.9. The predicted octanol–water partition coefficient (Wildman–Crippen LogP) is 3.93. The Bertz CT molecular complexity index is 783. The van der Waals surface area contributed by atoms with Gasteiger partial charge in [-0.15, -0.1) is 0 Å². The van der Waals surface area contributed by atoms with E-state index in [2.05, 4.69) is 11.8 Å². The molecule has 2 aromatic rings. The fourth-order valence-electron chi connectivity index (χ4n) is 3.21. The largest absolute Gasteiger partial charge is 0.496 e. The third-order valence-electron chi connectivity index (χ3n) is 4.73. The van der Waals surface area contributed by atoms with Gasteiger partial charge in [0.05, 0.1) is 7.11 Å². The number of ether oxygens (including phenoxy) is 1. The zero-order valence-corrected chi connectivity index (χ0v) is 15.6. The number of anilines is 1. The van der Waals surface area contributed by atoms with Gasteiger partial charge in [-0.05, 0) is 49.2 Å². The number of rotatable bonds is 3. The fraction of sp³-hybridized carbons (Fsp3) is 0.350. The number of halogens is 1. The Kier molecular flexibility index (Phi) is 5.19. The molecule has 25 heavy (non-hydrogen) atoms. The lowest BCUT2D eigenvalue weighted by molar-refractivity contribution is 0.0746. The highest BCUT2D eigenvalue weighted by Crippen LogP contribution is 2.26. The molecule has 0 aromatic heterocycles. The molecule has 5 heteroatoms. The van der Waals surface area contributed by atoms with Gasteiger partial charge in [0.15, 0.2) is 0 Å². The number of aryl methyl sites for hydroxylation is 2. The summed E-state index contributed by atoms with van der Waals surface area (Å²) in [5.41, 5.74) is 4.05. The van der Waals surface area contributed by atoms with Gasteiger partial charge in [-0.3, -0.25) is 4.79 Å². The van der Waals surface area contributed by atoms with E-state index in [0.717, 1.165) is 35.1 Å². The van der Waals surface area contributed by atoms with Gasteiger partial charge in [0.2, 0.25) is 0 Å². The SMILES string of the molecule is COc1cc(C(=O)N2CCN(c3cc(Cl)ccc3C)CC2)ccc1C. The number of benzene rings is 2. The molecule has 0 spiro atoms. The molecule has 1 fully saturated rings. The first-order chi connectivity index (χ1) is 12.0. The molecule has 2 aromatic carbocycles. The first-order valence-electron chi connectivity index (χ1n) is 8.44. The summed E-state index contributed by atoms with van der Waals surface area (Å²) < 4.78 is 5.33. The van der Waals surface area contributed by atoms with E-state index in [4.69, 9.17) is 16.3 Å². The second kappa shape index (κ2) is 7.36. The standard InChI is InChI=1S/C20H23ClN2O2/c1-14-5-7-17(21)13-18(14)22-8-10-23(11-9-22)20(24)16-6-4-15(2)19(12-16)25-3/h4-7,12-13H,8-11H2,1-3H3. The molecule has 0 N–H and O–H groups in total. The highest BCUT2D eigenvalue weighted by Gasteiger charge is 2.23. The van der Waals surface area contributed by atoms with Crippen LogP contribution in [0.15, 0.2) is 36.4 Å². The van der Waals surface area contributed by atoms with Crippen LogP contribution in [0.4, 0.5) is 5.69 Å². The van der Waals surface area contributed by atoms with Crippen LogP contribution in [0.25, 0.3) is 0 Å². The molecule has 0 radical (unpaired) electrons. The predicted molar refractivity (Wildman–Crippen MR) is 102 cm³/mol. The summed E-state index contributed by atoms with van der Waals surface area (Å²) in [6.45, 7) is 7.05. The normalized spacial score (nSPS) is 14.6. The molecule has 0 aliphatic carbocycles. The zero-order chi connectivity index (χ0) is 18.0. The van der Waals surface area contributed by atoms with E-state index in [1.54, 1.807) is 7.11 Å². The monoisotopic (exact) mass is 358 g/mol. The van der Waals surface area contributed by atoms with Crippen LogP contribution in [0.1, 0.15) is 21.5 Å². The van der Waals surface area contributed by atoms with Crippen molar-refractivity contribution in [2.45, 2.75) is 13.8 Å². The Morgan fingerprint density at radius 2 is 1.68 bits per heavy atom. The molecule has 1 saturated heterocycles. The van der Waals surface area contributed by atoms with Gasteiger partial charge in [-0.1, -0.05) is 23.7 Å². The Labute approximate surface area is 154 Å². The second-order valence-corrected chi connectivity index (χ2v) is 6.83. The number of amides is 1. The molecule has 1 heterocycles. The minimum absolute atomic E-state index is 0.0563. The Morgan fingerprint density at radius 3 is 2.36 bits per heavy atom. The summed E-state index contributed by atoms with van der Waals surface area (Å²) in [5, 5.41) is 0.742. The van der Waals surface area contributed by atoms with Crippen LogP contribution >= 0.6 is 11.6 Å². The van der Waals surface area contributed by atoms with Crippen molar-refractivity contribution in [1.82, 2.24) is 4.90 Å². The van der Waals surface area contributed by atoms with Gasteiger partial charge in [0.25, 0.3) is 5.91 Å². The van der Waals surface area contributed by atoms with E-state index < -0.39 is 0 Å². The molecular formula is C20H23ClN2O2. The van der Waals surface area contributed by atoms with E-state index in [9.17, 15) is 4.79 Å². The molecule has 4 nitrogen and oxygen atoms in total. The van der Waals surface area contributed by atoms with Crippen LogP contribution in [-0.4, -0.2) is 44.1 Å². The molecule has 0 atom stereocenters. The smallest absolute Gasteiger partial charge is 0.254 e. The first kappa shape index (κ1) is 17.6. The summed E-state index contributed by atoms with van der Waals surface area (Å²) in [7, 11) is 1.63. The second-order valence-electron chi connectivity index (χ2n) is 6.39. The maximum Gasteiger partial charge on any atom is 0.254 e. The van der Waals surface area contributed by atoms with Crippen molar-refractivity contribution >= 4 is 23.2 Å². The molecule has 3 rings (SSSR count). The Balaban J connectivity index is 1.69. The lowest BCUT2D eigenvalue weighted by Gasteiger charge is -2.37. The van der Waals surface area contributed by atoms with E-state index in [1.807, 2.05) is 48.2 Å². The molecular weight excluding hydrogens is 336 g/mol. The maximum absolute atomic E-state index is 12.8. The number of hydrogen-bond donors (Lipinski definition) is 0. The van der Waals surface area contributed by atoms with Crippen molar-refractivity contribution in [3.8, 4) is 5.75 Å². The summed E-state index contributed by atoms with van der Waals surface area (Å²) >= 11 is 6.13. The maximum atomic E-state index is 12.8. The van der Waals surface area contributed by atoms with E-state index >= 15 is 0 Å². The molecule has 1 aliphatic rings. The van der Waals surface area contributed by atoms with Crippen molar-refractivity contribution in [2.75, 3.05) is 38.2 Å². The number of hydrogen-bond acceptors (Lipinski definition) is 3. The average Bonchev–Trinajstić information content (AvgIpc) is 2.64. The third kappa shape index (κ3) is 3.74. The van der Waals surface area contributed by atoms with Gasteiger partial charge in [-0.25, -0.2) is 0 Å². The van der Waals surface area contributed by atoms with Crippen molar-refractivity contribution in [3.63, 3.8) is 0 Å². The molecule has 1 aliphatic heterocycles. The number of carbonyl (C=O) groups excluding carboxylic acids is 1. The number of methoxy groups -OCH3 is 1. The topological polar surface area (TPSA) is 32.8 Å². The lowest BCUT2D eigenvalue weighted by atomic mass is 10.1. The van der Waals surface area contributed by atoms with Crippen molar-refractivity contribution in [2.24, 2.45) is 0 Å². The van der Waals surface area contributed by atoms with Crippen LogP contribution in [0.5, 0.6) is 5.75 Å². The molecule has 132 valence electrons. The van der Waals surface area contributed by atoms with Crippen molar-refractivity contribution < 1.29 is 9.53 Å². The number of nitrogens with zero attached hydrogens (tertiary/aromatic N) is 2. The molecule has 0 unspecified atom stereocenters. The lowest BCUT2D eigenvalue weighted by Crippen LogP contribution is -2.49. The fourth-order valence-corrected chi connectivity index (χ4v) is 3.38. The highest BCUT2D eigenvalue weighted by molar-refractivity contribution is 6.30. The van der Waals surface area contributed by atoms with Gasteiger partial charge in [-0.2, -0.15) is 0 Å². The quantitative estimate of drug-likeness (QED) is 0.833. The van der Waals surface area contributed by atoms with Crippen molar-refractivity contribution in [1.29, 1.82) is 0 Å². The summed E-state index contributed by atoms with van der Waals surface area (Å²) in [6.07, 6.45) is 0. The summed E-state index contributed by atoms with van der Waals surface area (Å²) in [5.74, 6) is 0.805. The summed E-state index contributed by atoms with van der Waals surface area (Å²) in [6, 6.07) is 11.6. The average molecular weight is 359 g/mol. The van der Waals surface area contributed by atoms with Gasteiger partial charge < -0.3 is 14.5 Å². The van der Waals surface area contributed by atoms with Gasteiger partial charge in [0.1, 0.15) is 5.75 Å². The van der Waals surface area contributed by atoms with Crippen LogP contribution < -0.4 is 9.64 Å². The molecule has 0 saturated carbocycles. The highest BCUT2D eigenvalue weighted by atomic mass is 35.5. The minimum Gasteiger partial charge on any atom is -0.496 e. The van der Waals surface area contributed by atoms with Crippen molar-refractivity contribution in [3.05, 3.63) is 58.1 Å². The van der Waals surface area contributed by atoms with E-state index in [0.29, 0.717) is 18.7 Å². The Morgan fingerprint density at radius 1 is 1.00 bits per heavy atom. The van der Waals surface area contributed by atoms with Gasteiger partial charge >= 0.3 is 0 Å². The first-order valence-corrected chi connectivity index (χ1v) is 8.82. The van der Waals surface area contributed by atoms with Crippen LogP contribution in [0, 0.1) is 13.8 Å². The summed E-state index contributed by atoms with van der Waals surface area (Å²) in [4.78, 5) is 17.0. The van der Waals surface area contributed by atoms with Gasteiger partial charge in [0, 0.05) is 42.5 Å². The van der Waals surface area contributed by atoms with E-state index in [1.165, 1.54) is 5.56 Å². The van der Waals surface area contributed by atoms with Crippen LogP contribution in [0.2, 0.25) is 5.02 Å². The Hall–Kier alpha value is -2.20. The van der Waals surface area contributed by atoms with Crippen LogP contribution in [0.3, 0.4) is 0 Å². The molecule has 0 bridgehead atoms. The minimum atomic E-state index is 0.0563. The van der Waals surface area contributed by atoms with E-state index in [-0.39, 0.29) is 5.91 Å². The molecule has 1 amide bonds. The number of carbonyl (C=O) groups is 1. The van der Waals surface area contributed by atoms with Crippen LogP contribution in [-0.2, 0) is 0 Å². The number of piperazine rings is 1. The third-order valence-corrected chi connectivity index (χ3v) is 4.97.